The fourth-order valence-electron chi connectivity index (χ4n) is 3.55. The zero-order chi connectivity index (χ0) is 22.7. The highest BCUT2D eigenvalue weighted by Crippen LogP contribution is 2.36. The zero-order valence-corrected chi connectivity index (χ0v) is 17.2. The van der Waals surface area contributed by atoms with Gasteiger partial charge in [-0.05, 0) is 43.2 Å². The lowest BCUT2D eigenvalue weighted by atomic mass is 9.95. The Morgan fingerprint density at radius 2 is 2.09 bits per heavy atom. The first-order chi connectivity index (χ1) is 15.5. The molecule has 4 rings (SSSR count). The average Bonchev–Trinajstić information content (AvgIpc) is 3.19. The summed E-state index contributed by atoms with van der Waals surface area (Å²) in [5.74, 6) is 0.622. The van der Waals surface area contributed by atoms with E-state index in [0.717, 1.165) is 0 Å². The number of carbonyl (C=O) groups excluding carboxylic acids is 1. The molecule has 164 valence electrons. The van der Waals surface area contributed by atoms with E-state index in [1.807, 2.05) is 0 Å². The van der Waals surface area contributed by atoms with Crippen LogP contribution in [0.2, 0.25) is 0 Å². The van der Waals surface area contributed by atoms with Gasteiger partial charge in [0.1, 0.15) is 6.04 Å². The van der Waals surface area contributed by atoms with Gasteiger partial charge >= 0.3 is 0 Å². The van der Waals surface area contributed by atoms with Crippen molar-refractivity contribution < 1.29 is 14.8 Å². The van der Waals surface area contributed by atoms with Crippen LogP contribution in [0.1, 0.15) is 30.8 Å². The SMILES string of the molecule is CC1=C(C(=O)Nc2cccnc2)C(c2ccc([N+](=O)[O-])cc2)n2nc(CCCO)nc2N1. The molecule has 0 saturated carbocycles. The molecule has 3 aromatic rings. The van der Waals surface area contributed by atoms with E-state index in [1.165, 1.54) is 12.1 Å². The van der Waals surface area contributed by atoms with Gasteiger partial charge in [-0.25, -0.2) is 4.68 Å². The van der Waals surface area contributed by atoms with Gasteiger partial charge in [0.25, 0.3) is 11.6 Å². The topological polar surface area (TPSA) is 148 Å². The third-order valence-electron chi connectivity index (χ3n) is 5.04. The van der Waals surface area contributed by atoms with Gasteiger partial charge in [-0.2, -0.15) is 10.1 Å². The van der Waals surface area contributed by atoms with Crippen molar-refractivity contribution in [2.45, 2.75) is 25.8 Å². The van der Waals surface area contributed by atoms with E-state index in [2.05, 4.69) is 25.7 Å². The number of pyridine rings is 1. The molecule has 0 bridgehead atoms. The smallest absolute Gasteiger partial charge is 0.269 e. The van der Waals surface area contributed by atoms with Crippen LogP contribution in [-0.4, -0.2) is 42.3 Å². The number of fused-ring (bicyclic) bond motifs is 1. The number of hydrogen-bond acceptors (Lipinski definition) is 8. The van der Waals surface area contributed by atoms with E-state index in [1.54, 1.807) is 48.3 Å². The van der Waals surface area contributed by atoms with Crippen LogP contribution >= 0.6 is 0 Å². The van der Waals surface area contributed by atoms with Crippen molar-refractivity contribution in [1.82, 2.24) is 19.7 Å². The number of aryl methyl sites for hydroxylation is 1. The van der Waals surface area contributed by atoms with E-state index in [4.69, 9.17) is 5.11 Å². The van der Waals surface area contributed by atoms with Crippen molar-refractivity contribution in [3.8, 4) is 0 Å². The lowest BCUT2D eigenvalue weighted by molar-refractivity contribution is -0.384. The number of nitrogens with one attached hydrogen (secondary N) is 2. The standard InChI is InChI=1S/C21H21N7O4/c1-13-18(20(30)24-15-4-2-10-22-12-15)19(14-6-8-16(9-7-14)28(31)32)27-21(23-13)25-17(26-27)5-3-11-29/h2,4,6-10,12,19,29H,3,5,11H2,1H3,(H,24,30)(H,23,25,26). The molecule has 11 heteroatoms. The van der Waals surface area contributed by atoms with Crippen molar-refractivity contribution >= 4 is 23.2 Å². The average molecular weight is 435 g/mol. The molecule has 1 aliphatic rings. The van der Waals surface area contributed by atoms with E-state index in [9.17, 15) is 14.9 Å². The predicted octanol–water partition coefficient (Wildman–Crippen LogP) is 2.43. The van der Waals surface area contributed by atoms with Gasteiger partial charge in [-0.3, -0.25) is 19.9 Å². The van der Waals surface area contributed by atoms with Crippen molar-refractivity contribution in [3.05, 3.63) is 81.6 Å². The van der Waals surface area contributed by atoms with Crippen LogP contribution in [0.15, 0.2) is 60.1 Å². The summed E-state index contributed by atoms with van der Waals surface area (Å²) in [5, 5.41) is 30.7. The van der Waals surface area contributed by atoms with Crippen LogP contribution in [0, 0.1) is 10.1 Å². The van der Waals surface area contributed by atoms with Crippen molar-refractivity contribution in [3.63, 3.8) is 0 Å². The fourth-order valence-corrected chi connectivity index (χ4v) is 3.55. The second-order valence-electron chi connectivity index (χ2n) is 7.23. The van der Waals surface area contributed by atoms with Gasteiger partial charge in [0, 0.05) is 37.1 Å². The van der Waals surface area contributed by atoms with Crippen LogP contribution < -0.4 is 10.6 Å². The second-order valence-corrected chi connectivity index (χ2v) is 7.23. The molecule has 11 nitrogen and oxygen atoms in total. The van der Waals surface area contributed by atoms with Crippen LogP contribution in [-0.2, 0) is 11.2 Å². The molecule has 3 N–H and O–H groups in total. The summed E-state index contributed by atoms with van der Waals surface area (Å²) in [6, 6.07) is 8.80. The number of carbonyl (C=O) groups is 1. The van der Waals surface area contributed by atoms with Gasteiger partial charge in [0.2, 0.25) is 5.95 Å². The molecular formula is C21H21N7O4. The van der Waals surface area contributed by atoms with Crippen molar-refractivity contribution in [2.75, 3.05) is 17.2 Å². The molecule has 1 unspecified atom stereocenters. The van der Waals surface area contributed by atoms with Crippen molar-refractivity contribution in [2.24, 2.45) is 0 Å². The van der Waals surface area contributed by atoms with E-state index in [-0.39, 0.29) is 18.2 Å². The monoisotopic (exact) mass is 435 g/mol. The second kappa shape index (κ2) is 8.94. The minimum Gasteiger partial charge on any atom is -0.396 e. The molecule has 0 aliphatic carbocycles. The highest BCUT2D eigenvalue weighted by molar-refractivity contribution is 6.05. The first kappa shape index (κ1) is 21.1. The summed E-state index contributed by atoms with van der Waals surface area (Å²) in [4.78, 5) is 32.4. The molecule has 0 spiro atoms. The van der Waals surface area contributed by atoms with Gasteiger partial charge in [0.05, 0.1) is 22.4 Å². The number of allylic oxidation sites excluding steroid dienone is 1. The maximum Gasteiger partial charge on any atom is 0.269 e. The Morgan fingerprint density at radius 3 is 2.75 bits per heavy atom. The summed E-state index contributed by atoms with van der Waals surface area (Å²) < 4.78 is 1.60. The number of benzene rings is 1. The molecule has 0 fully saturated rings. The normalized spacial score (nSPS) is 15.1. The maximum atomic E-state index is 13.3. The molecule has 1 atom stereocenters. The quantitative estimate of drug-likeness (QED) is 0.378. The zero-order valence-electron chi connectivity index (χ0n) is 17.2. The van der Waals surface area contributed by atoms with Crippen LogP contribution in [0.3, 0.4) is 0 Å². The molecule has 1 amide bonds. The Hall–Kier alpha value is -4.12. The number of hydrogen-bond donors (Lipinski definition) is 3. The maximum absolute atomic E-state index is 13.3. The van der Waals surface area contributed by atoms with E-state index in [0.29, 0.717) is 47.1 Å². The van der Waals surface area contributed by atoms with Crippen LogP contribution in [0.4, 0.5) is 17.3 Å². The summed E-state index contributed by atoms with van der Waals surface area (Å²) in [6.45, 7) is 1.78. The highest BCUT2D eigenvalue weighted by Gasteiger charge is 2.34. The Balaban J connectivity index is 1.76. The number of rotatable bonds is 7. The molecule has 1 aliphatic heterocycles. The van der Waals surface area contributed by atoms with Crippen LogP contribution in [0.5, 0.6) is 0 Å². The summed E-state index contributed by atoms with van der Waals surface area (Å²) >= 11 is 0. The fraction of sp³-hybridized carbons (Fsp3) is 0.238. The molecule has 3 heterocycles. The molecule has 0 radical (unpaired) electrons. The number of nitro benzene ring substituents is 1. The number of amides is 1. The summed E-state index contributed by atoms with van der Waals surface area (Å²) in [7, 11) is 0. The first-order valence-electron chi connectivity index (χ1n) is 9.97. The molecular weight excluding hydrogens is 414 g/mol. The third kappa shape index (κ3) is 4.18. The lowest BCUT2D eigenvalue weighted by Crippen LogP contribution is -2.31. The number of aromatic nitrogens is 4. The Kier molecular flexibility index (Phi) is 5.90. The van der Waals surface area contributed by atoms with E-state index < -0.39 is 11.0 Å². The number of aliphatic hydroxyl groups is 1. The first-order valence-corrected chi connectivity index (χ1v) is 9.97. The highest BCUT2D eigenvalue weighted by atomic mass is 16.6. The molecule has 1 aromatic carbocycles. The number of non-ortho nitro benzene ring substituents is 1. The number of anilines is 2. The third-order valence-corrected chi connectivity index (χ3v) is 5.04. The minimum atomic E-state index is -0.654. The minimum absolute atomic E-state index is 0.0130. The Labute approximate surface area is 183 Å². The van der Waals surface area contributed by atoms with Gasteiger partial charge in [-0.1, -0.05) is 0 Å². The predicted molar refractivity (Wildman–Crippen MR) is 116 cm³/mol. The molecule has 0 saturated heterocycles. The molecule has 2 aromatic heterocycles. The Bertz CT molecular complexity index is 1170. The van der Waals surface area contributed by atoms with E-state index >= 15 is 0 Å². The lowest BCUT2D eigenvalue weighted by Gasteiger charge is -2.28. The van der Waals surface area contributed by atoms with Gasteiger partial charge in [-0.15, -0.1) is 0 Å². The van der Waals surface area contributed by atoms with Gasteiger partial charge < -0.3 is 15.7 Å². The summed E-state index contributed by atoms with van der Waals surface area (Å²) in [6.07, 6.45) is 4.13. The van der Waals surface area contributed by atoms with Crippen molar-refractivity contribution in [1.29, 1.82) is 0 Å². The number of nitrogens with zero attached hydrogens (tertiary/aromatic N) is 5. The van der Waals surface area contributed by atoms with Crippen LogP contribution in [0.25, 0.3) is 0 Å². The molecule has 32 heavy (non-hydrogen) atoms. The Morgan fingerprint density at radius 1 is 1.31 bits per heavy atom. The number of nitro groups is 1. The number of aliphatic hydroxyl groups excluding tert-OH is 1. The van der Waals surface area contributed by atoms with Gasteiger partial charge in [0.15, 0.2) is 5.82 Å². The largest absolute Gasteiger partial charge is 0.396 e. The summed E-state index contributed by atoms with van der Waals surface area (Å²) in [5.41, 5.74) is 2.12.